The zero-order valence-electron chi connectivity index (χ0n) is 11.3. The lowest BCUT2D eigenvalue weighted by atomic mass is 10.1. The van der Waals surface area contributed by atoms with Gasteiger partial charge in [0.2, 0.25) is 5.91 Å². The molecule has 2 N–H and O–H groups in total. The van der Waals surface area contributed by atoms with E-state index in [1.807, 2.05) is 43.0 Å². The molecule has 1 atom stereocenters. The van der Waals surface area contributed by atoms with Crippen molar-refractivity contribution in [3.05, 3.63) is 24.3 Å². The number of carbonyl (C=O) groups is 1. The molecule has 19 heavy (non-hydrogen) atoms. The molecule has 5 nitrogen and oxygen atoms in total. The van der Waals surface area contributed by atoms with Gasteiger partial charge in [0.15, 0.2) is 0 Å². The molecule has 1 amide bonds. The molecular formula is C14H20N2O3. The Balaban J connectivity index is 2.22. The lowest BCUT2D eigenvalue weighted by molar-refractivity contribution is -0.121. The fourth-order valence-corrected chi connectivity index (χ4v) is 2.18. The number of nitrogens with zero attached hydrogens (tertiary/aromatic N) is 1. The molecule has 0 bridgehead atoms. The van der Waals surface area contributed by atoms with Crippen molar-refractivity contribution in [1.82, 2.24) is 5.32 Å². The van der Waals surface area contributed by atoms with Crippen LogP contribution in [0, 0.1) is 0 Å². The number of amides is 1. The van der Waals surface area contributed by atoms with E-state index in [1.165, 1.54) is 0 Å². The van der Waals surface area contributed by atoms with Crippen molar-refractivity contribution in [3.8, 4) is 5.75 Å². The first-order valence-electron chi connectivity index (χ1n) is 6.51. The highest BCUT2D eigenvalue weighted by molar-refractivity contribution is 5.83. The Morgan fingerprint density at radius 3 is 2.89 bits per heavy atom. The maximum atomic E-state index is 11.6. The van der Waals surface area contributed by atoms with Crippen molar-refractivity contribution >= 4 is 11.6 Å². The van der Waals surface area contributed by atoms with Gasteiger partial charge >= 0.3 is 0 Å². The predicted molar refractivity (Wildman–Crippen MR) is 73.4 cm³/mol. The number of hydrogen-bond donors (Lipinski definition) is 2. The number of anilines is 1. The van der Waals surface area contributed by atoms with Gasteiger partial charge in [0.25, 0.3) is 0 Å². The van der Waals surface area contributed by atoms with E-state index in [2.05, 4.69) is 5.32 Å². The van der Waals surface area contributed by atoms with E-state index in [9.17, 15) is 9.90 Å². The smallest absolute Gasteiger partial charge is 0.239 e. The fraction of sp³-hybridized carbons (Fsp3) is 0.500. The molecule has 5 heteroatoms. The molecule has 1 saturated heterocycles. The summed E-state index contributed by atoms with van der Waals surface area (Å²) in [6, 6.07) is 7.44. The van der Waals surface area contributed by atoms with Gasteiger partial charge in [-0.15, -0.1) is 0 Å². The van der Waals surface area contributed by atoms with E-state index >= 15 is 0 Å². The number of aliphatic hydroxyl groups is 1. The van der Waals surface area contributed by atoms with Crippen LogP contribution in [0.2, 0.25) is 0 Å². The highest BCUT2D eigenvalue weighted by Gasteiger charge is 2.25. The zero-order valence-corrected chi connectivity index (χ0v) is 11.3. The highest BCUT2D eigenvalue weighted by atomic mass is 16.5. The maximum Gasteiger partial charge on any atom is 0.239 e. The van der Waals surface area contributed by atoms with Crippen LogP contribution in [0.15, 0.2) is 24.3 Å². The molecule has 0 spiro atoms. The molecule has 104 valence electrons. The van der Waals surface area contributed by atoms with Gasteiger partial charge in [-0.3, -0.25) is 4.79 Å². The Labute approximate surface area is 113 Å². The average Bonchev–Trinajstić information content (AvgIpc) is 2.38. The van der Waals surface area contributed by atoms with Crippen LogP contribution in [0.25, 0.3) is 0 Å². The van der Waals surface area contributed by atoms with Gasteiger partial charge in [0.05, 0.1) is 31.0 Å². The number of benzene rings is 1. The molecular weight excluding hydrogens is 244 g/mol. The number of aliphatic hydroxyl groups excluding tert-OH is 1. The van der Waals surface area contributed by atoms with Crippen LogP contribution >= 0.6 is 0 Å². The van der Waals surface area contributed by atoms with Gasteiger partial charge in [-0.2, -0.15) is 0 Å². The minimum atomic E-state index is -0.228. The number of hydrogen-bond acceptors (Lipinski definition) is 4. The number of nitrogens with one attached hydrogen (secondary N) is 1. The summed E-state index contributed by atoms with van der Waals surface area (Å²) in [6.07, 6.45) is 0.0772. The minimum Gasteiger partial charge on any atom is -0.489 e. The Kier molecular flexibility index (Phi) is 4.27. The maximum absolute atomic E-state index is 11.6. The van der Waals surface area contributed by atoms with Gasteiger partial charge < -0.3 is 20.1 Å². The Hall–Kier alpha value is -1.75. The zero-order chi connectivity index (χ0) is 13.8. The van der Waals surface area contributed by atoms with E-state index in [1.54, 1.807) is 0 Å². The minimum absolute atomic E-state index is 0.0601. The monoisotopic (exact) mass is 264 g/mol. The van der Waals surface area contributed by atoms with Crippen LogP contribution in [0.4, 0.5) is 5.69 Å². The third kappa shape index (κ3) is 3.38. The van der Waals surface area contributed by atoms with Crippen molar-refractivity contribution in [1.29, 1.82) is 0 Å². The number of piperazine rings is 1. The molecule has 1 aromatic rings. The molecule has 0 aromatic heterocycles. The summed E-state index contributed by atoms with van der Waals surface area (Å²) in [5.74, 6) is 0.688. The van der Waals surface area contributed by atoms with Crippen LogP contribution in [-0.2, 0) is 4.79 Å². The summed E-state index contributed by atoms with van der Waals surface area (Å²) in [5, 5.41) is 12.0. The summed E-state index contributed by atoms with van der Waals surface area (Å²) < 4.78 is 5.77. The molecule has 2 rings (SSSR count). The van der Waals surface area contributed by atoms with Crippen LogP contribution < -0.4 is 15.0 Å². The molecule has 1 aliphatic rings. The van der Waals surface area contributed by atoms with Crippen LogP contribution in [0.3, 0.4) is 0 Å². The summed E-state index contributed by atoms with van der Waals surface area (Å²) in [4.78, 5) is 13.6. The SMILES string of the molecule is CC(C)Oc1ccccc1N1CC(=O)NC(CO)C1. The Morgan fingerprint density at radius 2 is 2.21 bits per heavy atom. The van der Waals surface area contributed by atoms with Crippen LogP contribution in [-0.4, -0.2) is 42.9 Å². The van der Waals surface area contributed by atoms with E-state index in [-0.39, 0.29) is 31.2 Å². The van der Waals surface area contributed by atoms with Gasteiger partial charge in [0.1, 0.15) is 5.75 Å². The highest BCUT2D eigenvalue weighted by Crippen LogP contribution is 2.29. The fourth-order valence-electron chi connectivity index (χ4n) is 2.18. The molecule has 0 saturated carbocycles. The van der Waals surface area contributed by atoms with E-state index in [0.717, 1.165) is 11.4 Å². The second-order valence-corrected chi connectivity index (χ2v) is 4.96. The van der Waals surface area contributed by atoms with Gasteiger partial charge in [-0.05, 0) is 26.0 Å². The quantitative estimate of drug-likeness (QED) is 0.843. The second kappa shape index (κ2) is 5.93. The number of ether oxygens (including phenoxy) is 1. The summed E-state index contributed by atoms with van der Waals surface area (Å²) in [7, 11) is 0. The van der Waals surface area contributed by atoms with Gasteiger partial charge in [-0.25, -0.2) is 0 Å². The van der Waals surface area contributed by atoms with Crippen LogP contribution in [0.5, 0.6) is 5.75 Å². The molecule has 0 aliphatic carbocycles. The second-order valence-electron chi connectivity index (χ2n) is 4.96. The van der Waals surface area contributed by atoms with Gasteiger partial charge in [-0.1, -0.05) is 12.1 Å². The standard InChI is InChI=1S/C14H20N2O3/c1-10(2)19-13-6-4-3-5-12(13)16-7-11(9-17)15-14(18)8-16/h3-6,10-11,17H,7-9H2,1-2H3,(H,15,18). The van der Waals surface area contributed by atoms with E-state index in [0.29, 0.717) is 6.54 Å². The van der Waals surface area contributed by atoms with Crippen molar-refractivity contribution < 1.29 is 14.6 Å². The van der Waals surface area contributed by atoms with Crippen molar-refractivity contribution in [2.45, 2.75) is 26.0 Å². The third-order valence-corrected chi connectivity index (χ3v) is 2.93. The van der Waals surface area contributed by atoms with Gasteiger partial charge in [0, 0.05) is 6.54 Å². The predicted octanol–water partition coefficient (Wildman–Crippen LogP) is 0.771. The Bertz CT molecular complexity index is 448. The average molecular weight is 264 g/mol. The largest absolute Gasteiger partial charge is 0.489 e. The molecule has 1 aliphatic heterocycles. The van der Waals surface area contributed by atoms with Crippen molar-refractivity contribution in [2.24, 2.45) is 0 Å². The third-order valence-electron chi connectivity index (χ3n) is 2.93. The molecule has 0 radical (unpaired) electrons. The number of carbonyl (C=O) groups excluding carboxylic acids is 1. The van der Waals surface area contributed by atoms with E-state index < -0.39 is 0 Å². The van der Waals surface area contributed by atoms with Crippen LogP contribution in [0.1, 0.15) is 13.8 Å². The molecule has 1 aromatic carbocycles. The van der Waals surface area contributed by atoms with E-state index in [4.69, 9.17) is 4.74 Å². The molecule has 1 unspecified atom stereocenters. The normalized spacial score (nSPS) is 19.5. The lowest BCUT2D eigenvalue weighted by Gasteiger charge is -2.34. The van der Waals surface area contributed by atoms with Crippen molar-refractivity contribution in [3.63, 3.8) is 0 Å². The summed E-state index contributed by atoms with van der Waals surface area (Å²) >= 11 is 0. The first-order valence-corrected chi connectivity index (χ1v) is 6.51. The number of para-hydroxylation sites is 2. The summed E-state index contributed by atoms with van der Waals surface area (Å²) in [6.45, 7) is 4.75. The molecule has 1 fully saturated rings. The van der Waals surface area contributed by atoms with Crippen molar-refractivity contribution in [2.75, 3.05) is 24.6 Å². The molecule has 1 heterocycles. The topological polar surface area (TPSA) is 61.8 Å². The lowest BCUT2D eigenvalue weighted by Crippen LogP contribution is -2.55. The number of rotatable bonds is 4. The Morgan fingerprint density at radius 1 is 1.47 bits per heavy atom. The first kappa shape index (κ1) is 13.7. The first-order chi connectivity index (χ1) is 9.10. The summed E-state index contributed by atoms with van der Waals surface area (Å²) in [5.41, 5.74) is 0.893.